The third-order valence-corrected chi connectivity index (χ3v) is 5.49. The number of benzene rings is 2. The van der Waals surface area contributed by atoms with Crippen molar-refractivity contribution in [1.82, 2.24) is 19.8 Å². The van der Waals surface area contributed by atoms with Gasteiger partial charge in [-0.2, -0.15) is 10.5 Å². The molecule has 0 bridgehead atoms. The number of nitriles is 2. The van der Waals surface area contributed by atoms with Crippen LogP contribution in [0, 0.1) is 22.7 Å². The van der Waals surface area contributed by atoms with Crippen LogP contribution in [0.2, 0.25) is 0 Å². The molecule has 1 atom stereocenters. The first kappa shape index (κ1) is 20.3. The number of rotatable bonds is 7. The van der Waals surface area contributed by atoms with Crippen molar-refractivity contribution in [3.63, 3.8) is 0 Å². The zero-order chi connectivity index (χ0) is 21.6. The van der Waals surface area contributed by atoms with E-state index in [2.05, 4.69) is 22.4 Å². The lowest BCUT2D eigenvalue weighted by atomic mass is 10.1. The molecule has 7 heteroatoms. The first-order valence-corrected chi connectivity index (χ1v) is 10.2. The summed E-state index contributed by atoms with van der Waals surface area (Å²) in [6.07, 6.45) is 4.34. The van der Waals surface area contributed by atoms with Gasteiger partial charge in [0.15, 0.2) is 0 Å². The number of imidazole rings is 1. The van der Waals surface area contributed by atoms with E-state index in [0.717, 1.165) is 23.2 Å². The van der Waals surface area contributed by atoms with Crippen LogP contribution in [0.25, 0.3) is 0 Å². The van der Waals surface area contributed by atoms with Crippen LogP contribution >= 0.6 is 0 Å². The Bertz CT molecular complexity index is 1150. The molecule has 0 unspecified atom stereocenters. The quantitative estimate of drug-likeness (QED) is 0.646. The molecule has 31 heavy (non-hydrogen) atoms. The monoisotopic (exact) mass is 410 g/mol. The molecule has 2 heterocycles. The Balaban J connectivity index is 1.34. The normalized spacial score (nSPS) is 15.6. The van der Waals surface area contributed by atoms with Crippen LogP contribution in [0.15, 0.2) is 61.1 Å². The van der Waals surface area contributed by atoms with Crippen LogP contribution in [-0.2, 0) is 24.4 Å². The Labute approximate surface area is 181 Å². The molecule has 1 amide bonds. The molecule has 0 spiro atoms. The third kappa shape index (κ3) is 4.80. The Kier molecular flexibility index (Phi) is 6.07. The zero-order valence-corrected chi connectivity index (χ0v) is 17.0. The van der Waals surface area contributed by atoms with Crippen LogP contribution in [-0.4, -0.2) is 32.9 Å². The largest absolute Gasteiger partial charge is 0.337 e. The molecule has 4 rings (SSSR count). The van der Waals surface area contributed by atoms with Gasteiger partial charge < -0.3 is 14.8 Å². The van der Waals surface area contributed by atoms with E-state index >= 15 is 0 Å². The van der Waals surface area contributed by atoms with E-state index in [-0.39, 0.29) is 11.9 Å². The van der Waals surface area contributed by atoms with Crippen molar-refractivity contribution in [2.75, 3.05) is 6.54 Å². The average Bonchev–Trinajstić information content (AvgIpc) is 3.39. The summed E-state index contributed by atoms with van der Waals surface area (Å²) in [5.41, 5.74) is 4.29. The van der Waals surface area contributed by atoms with Crippen molar-refractivity contribution in [3.05, 3.63) is 89.0 Å². The van der Waals surface area contributed by atoms with Crippen molar-refractivity contribution in [2.45, 2.75) is 32.1 Å². The molecule has 2 aromatic carbocycles. The third-order valence-electron chi connectivity index (χ3n) is 5.49. The summed E-state index contributed by atoms with van der Waals surface area (Å²) < 4.78 is 2.04. The number of likely N-dealkylation sites (tertiary alicyclic amines) is 1. The lowest BCUT2D eigenvalue weighted by Crippen LogP contribution is -2.38. The van der Waals surface area contributed by atoms with Gasteiger partial charge in [0.25, 0.3) is 0 Å². The molecule has 1 saturated heterocycles. The number of nitrogens with one attached hydrogen (secondary N) is 1. The minimum Gasteiger partial charge on any atom is -0.337 e. The van der Waals surface area contributed by atoms with Gasteiger partial charge in [-0.25, -0.2) is 4.98 Å². The molecule has 0 radical (unpaired) electrons. The Hall–Kier alpha value is -3.94. The fourth-order valence-electron chi connectivity index (χ4n) is 3.79. The molecule has 1 aliphatic heterocycles. The number of carbonyl (C=O) groups excluding carboxylic acids is 1. The van der Waals surface area contributed by atoms with Crippen LogP contribution in [0.4, 0.5) is 0 Å². The summed E-state index contributed by atoms with van der Waals surface area (Å²) in [6.45, 7) is 2.41. The summed E-state index contributed by atoms with van der Waals surface area (Å²) >= 11 is 0. The predicted octanol–water partition coefficient (Wildman–Crippen LogP) is 2.57. The van der Waals surface area contributed by atoms with Crippen LogP contribution in [0.5, 0.6) is 0 Å². The minimum atomic E-state index is -0.225. The summed E-state index contributed by atoms with van der Waals surface area (Å²) in [5.74, 6) is 0.0838. The Morgan fingerprint density at radius 2 is 1.84 bits per heavy atom. The van der Waals surface area contributed by atoms with E-state index in [1.54, 1.807) is 18.6 Å². The van der Waals surface area contributed by atoms with Crippen LogP contribution in [0.3, 0.4) is 0 Å². The molecule has 0 saturated carbocycles. The summed E-state index contributed by atoms with van der Waals surface area (Å²) in [6, 6.07) is 18.9. The van der Waals surface area contributed by atoms with Crippen molar-refractivity contribution in [3.8, 4) is 12.1 Å². The van der Waals surface area contributed by atoms with E-state index in [0.29, 0.717) is 37.3 Å². The molecule has 3 aromatic rings. The molecule has 1 fully saturated rings. The van der Waals surface area contributed by atoms with E-state index < -0.39 is 0 Å². The highest BCUT2D eigenvalue weighted by Gasteiger charge is 2.31. The van der Waals surface area contributed by atoms with Gasteiger partial charge in [-0.15, -0.1) is 0 Å². The van der Waals surface area contributed by atoms with Gasteiger partial charge in [0.05, 0.1) is 41.3 Å². The number of aromatic nitrogens is 2. The lowest BCUT2D eigenvalue weighted by molar-refractivity contribution is -0.129. The fraction of sp³-hybridized carbons (Fsp3) is 0.250. The van der Waals surface area contributed by atoms with Gasteiger partial charge in [-0.3, -0.25) is 4.79 Å². The second-order valence-corrected chi connectivity index (χ2v) is 7.62. The number of carbonyl (C=O) groups is 1. The molecule has 1 aliphatic rings. The maximum Gasteiger partial charge on any atom is 0.240 e. The maximum atomic E-state index is 12.8. The number of nitrogens with zero attached hydrogens (tertiary/aromatic N) is 5. The predicted molar refractivity (Wildman–Crippen MR) is 114 cm³/mol. The van der Waals surface area contributed by atoms with Crippen molar-refractivity contribution in [1.29, 1.82) is 10.5 Å². The SMILES string of the molecule is N#Cc1ccc(Cn2cncc2CN[C@@H]2CCN(Cc3cccc(C#N)c3)C2=O)cc1. The van der Waals surface area contributed by atoms with E-state index in [1.807, 2.05) is 51.9 Å². The van der Waals surface area contributed by atoms with E-state index in [4.69, 9.17) is 10.5 Å². The molecule has 1 aromatic heterocycles. The maximum absolute atomic E-state index is 12.8. The average molecular weight is 410 g/mol. The highest BCUT2D eigenvalue weighted by atomic mass is 16.2. The topological polar surface area (TPSA) is 97.7 Å². The van der Waals surface area contributed by atoms with Gasteiger partial charge >= 0.3 is 0 Å². The lowest BCUT2D eigenvalue weighted by Gasteiger charge is -2.18. The molecule has 7 nitrogen and oxygen atoms in total. The molecular weight excluding hydrogens is 388 g/mol. The van der Waals surface area contributed by atoms with Gasteiger partial charge in [0.2, 0.25) is 5.91 Å². The summed E-state index contributed by atoms with van der Waals surface area (Å²) in [4.78, 5) is 18.9. The smallest absolute Gasteiger partial charge is 0.240 e. The second-order valence-electron chi connectivity index (χ2n) is 7.62. The second kappa shape index (κ2) is 9.25. The van der Waals surface area contributed by atoms with Crippen molar-refractivity contribution in [2.24, 2.45) is 0 Å². The standard InChI is InChI=1S/C24H22N6O/c25-11-18-4-6-19(7-5-18)15-30-17-27-13-22(30)14-28-23-8-9-29(24(23)31)16-21-3-1-2-20(10-21)12-26/h1-7,10,13,17,23,28H,8-9,14-16H2/t23-/m1/s1. The zero-order valence-electron chi connectivity index (χ0n) is 17.0. The molecule has 154 valence electrons. The number of hydrogen-bond acceptors (Lipinski definition) is 5. The van der Waals surface area contributed by atoms with Crippen molar-refractivity contribution < 1.29 is 4.79 Å². The van der Waals surface area contributed by atoms with E-state index in [1.165, 1.54) is 0 Å². The van der Waals surface area contributed by atoms with Gasteiger partial charge in [0, 0.05) is 32.4 Å². The first-order valence-electron chi connectivity index (χ1n) is 10.2. The Morgan fingerprint density at radius 3 is 2.61 bits per heavy atom. The highest BCUT2D eigenvalue weighted by Crippen LogP contribution is 2.17. The van der Waals surface area contributed by atoms with Gasteiger partial charge in [-0.05, 0) is 41.8 Å². The summed E-state index contributed by atoms with van der Waals surface area (Å²) in [5, 5.41) is 21.4. The molecule has 1 N–H and O–H groups in total. The minimum absolute atomic E-state index is 0.0838. The fourth-order valence-corrected chi connectivity index (χ4v) is 3.79. The number of hydrogen-bond donors (Lipinski definition) is 1. The Morgan fingerprint density at radius 1 is 1.03 bits per heavy atom. The van der Waals surface area contributed by atoms with Gasteiger partial charge in [-0.1, -0.05) is 24.3 Å². The van der Waals surface area contributed by atoms with E-state index in [9.17, 15) is 4.79 Å². The summed E-state index contributed by atoms with van der Waals surface area (Å²) in [7, 11) is 0. The first-order chi connectivity index (χ1) is 15.2. The van der Waals surface area contributed by atoms with Crippen LogP contribution in [0.1, 0.15) is 34.4 Å². The molecular formula is C24H22N6O. The molecule has 0 aliphatic carbocycles. The number of amides is 1. The van der Waals surface area contributed by atoms with Gasteiger partial charge in [0.1, 0.15) is 0 Å². The van der Waals surface area contributed by atoms with Crippen LogP contribution < -0.4 is 5.32 Å². The van der Waals surface area contributed by atoms with Crippen molar-refractivity contribution >= 4 is 5.91 Å². The highest BCUT2D eigenvalue weighted by molar-refractivity contribution is 5.84.